The maximum absolute atomic E-state index is 13.1. The summed E-state index contributed by atoms with van der Waals surface area (Å²) in [6, 6.07) is 9.07. The molecule has 2 saturated heterocycles. The normalized spacial score (nSPS) is 25.4. The number of hydrogen-bond acceptors (Lipinski definition) is 4. The molecule has 0 aliphatic carbocycles. The largest absolute Gasteiger partial charge is 0.379 e. The molecule has 1 atom stereocenters. The van der Waals surface area contributed by atoms with Gasteiger partial charge in [-0.15, -0.1) is 0 Å². The van der Waals surface area contributed by atoms with Crippen LogP contribution in [0, 0.1) is 0 Å². The lowest BCUT2D eigenvalue weighted by Gasteiger charge is -2.42. The quantitative estimate of drug-likeness (QED) is 0.804. The third-order valence-electron chi connectivity index (χ3n) is 6.20. The summed E-state index contributed by atoms with van der Waals surface area (Å²) < 4.78 is 0. The molecule has 5 nitrogen and oxygen atoms in total. The van der Waals surface area contributed by atoms with Gasteiger partial charge in [0.25, 0.3) is 5.91 Å². The summed E-state index contributed by atoms with van der Waals surface area (Å²) in [5, 5.41) is 14.5. The maximum Gasteiger partial charge on any atom is 0.256 e. The van der Waals surface area contributed by atoms with Crippen molar-refractivity contribution in [3.8, 4) is 0 Å². The topological polar surface area (TPSA) is 55.8 Å². The molecule has 0 saturated carbocycles. The average Bonchev–Trinajstić information content (AvgIpc) is 2.67. The van der Waals surface area contributed by atoms with Crippen molar-refractivity contribution in [3.05, 3.63) is 35.4 Å². The van der Waals surface area contributed by atoms with E-state index >= 15 is 0 Å². The molecule has 0 spiro atoms. The van der Waals surface area contributed by atoms with E-state index in [4.69, 9.17) is 0 Å². The van der Waals surface area contributed by atoms with Crippen molar-refractivity contribution in [2.75, 3.05) is 33.2 Å². The minimum atomic E-state index is -1.23. The highest BCUT2D eigenvalue weighted by molar-refractivity contribution is 5.86. The van der Waals surface area contributed by atoms with Crippen molar-refractivity contribution in [1.29, 1.82) is 0 Å². The summed E-state index contributed by atoms with van der Waals surface area (Å²) in [6.07, 6.45) is 3.58. The molecule has 2 aliphatic rings. The SMILES string of the molecule is CNC1CCN(C[C@]2(O)CCCN(Cc3ccc(C(C)C)cc3)C2=O)CC1. The number of β-amino-alcohol motifs (C(OH)–C–C–N with tert-alkyl or cyclic N) is 1. The van der Waals surface area contributed by atoms with Gasteiger partial charge in [-0.2, -0.15) is 0 Å². The Morgan fingerprint density at radius 2 is 1.85 bits per heavy atom. The summed E-state index contributed by atoms with van der Waals surface area (Å²) in [7, 11) is 2.00. The van der Waals surface area contributed by atoms with Gasteiger partial charge in [0.2, 0.25) is 0 Å². The van der Waals surface area contributed by atoms with Crippen molar-refractivity contribution < 1.29 is 9.90 Å². The zero-order chi connectivity index (χ0) is 19.4. The molecule has 5 heteroatoms. The number of amides is 1. The highest BCUT2D eigenvalue weighted by atomic mass is 16.3. The van der Waals surface area contributed by atoms with E-state index < -0.39 is 5.60 Å². The fourth-order valence-electron chi connectivity index (χ4n) is 4.34. The Kier molecular flexibility index (Phi) is 6.56. The summed E-state index contributed by atoms with van der Waals surface area (Å²) in [5.41, 5.74) is 1.21. The Bertz CT molecular complexity index is 623. The minimum Gasteiger partial charge on any atom is -0.379 e. The molecule has 0 bridgehead atoms. The highest BCUT2D eigenvalue weighted by Gasteiger charge is 2.43. The van der Waals surface area contributed by atoms with Gasteiger partial charge in [0.1, 0.15) is 0 Å². The van der Waals surface area contributed by atoms with Gasteiger partial charge >= 0.3 is 0 Å². The molecular formula is C22H35N3O2. The fourth-order valence-corrected chi connectivity index (χ4v) is 4.34. The first-order valence-corrected chi connectivity index (χ1v) is 10.4. The number of aliphatic hydroxyl groups is 1. The summed E-state index contributed by atoms with van der Waals surface area (Å²) in [5.74, 6) is 0.408. The predicted molar refractivity (Wildman–Crippen MR) is 109 cm³/mol. The molecule has 0 radical (unpaired) electrons. The lowest BCUT2D eigenvalue weighted by atomic mass is 9.89. The molecule has 0 aromatic heterocycles. The molecule has 2 heterocycles. The lowest BCUT2D eigenvalue weighted by molar-refractivity contribution is -0.160. The van der Waals surface area contributed by atoms with Crippen LogP contribution in [0.1, 0.15) is 56.6 Å². The smallest absolute Gasteiger partial charge is 0.256 e. The van der Waals surface area contributed by atoms with Crippen molar-refractivity contribution in [1.82, 2.24) is 15.1 Å². The van der Waals surface area contributed by atoms with Gasteiger partial charge in [-0.05, 0) is 62.9 Å². The van der Waals surface area contributed by atoms with Crippen LogP contribution in [-0.2, 0) is 11.3 Å². The van der Waals surface area contributed by atoms with Gasteiger partial charge in [0, 0.05) is 25.7 Å². The number of piperidine rings is 2. The fraction of sp³-hybridized carbons (Fsp3) is 0.682. The third-order valence-corrected chi connectivity index (χ3v) is 6.20. The zero-order valence-electron chi connectivity index (χ0n) is 17.1. The van der Waals surface area contributed by atoms with E-state index in [1.54, 1.807) is 0 Å². The van der Waals surface area contributed by atoms with Crippen LogP contribution in [0.5, 0.6) is 0 Å². The van der Waals surface area contributed by atoms with Crippen LogP contribution >= 0.6 is 0 Å². The van der Waals surface area contributed by atoms with Crippen LogP contribution in [0.25, 0.3) is 0 Å². The number of nitrogens with one attached hydrogen (secondary N) is 1. The molecule has 2 N–H and O–H groups in total. The van der Waals surface area contributed by atoms with Crippen LogP contribution in [0.15, 0.2) is 24.3 Å². The summed E-state index contributed by atoms with van der Waals surface area (Å²) in [6.45, 7) is 8.03. The second-order valence-corrected chi connectivity index (χ2v) is 8.60. The van der Waals surface area contributed by atoms with E-state index in [1.807, 2.05) is 11.9 Å². The Hall–Kier alpha value is -1.43. The summed E-state index contributed by atoms with van der Waals surface area (Å²) in [4.78, 5) is 17.2. The number of carbonyl (C=O) groups is 1. The monoisotopic (exact) mass is 373 g/mol. The average molecular weight is 374 g/mol. The van der Waals surface area contributed by atoms with Gasteiger partial charge < -0.3 is 15.3 Å². The van der Waals surface area contributed by atoms with E-state index in [2.05, 4.69) is 48.3 Å². The number of carbonyl (C=O) groups excluding carboxylic acids is 1. The number of rotatable bonds is 6. The van der Waals surface area contributed by atoms with Gasteiger partial charge in [0.05, 0.1) is 0 Å². The van der Waals surface area contributed by atoms with Crippen LogP contribution in [-0.4, -0.2) is 65.7 Å². The lowest BCUT2D eigenvalue weighted by Crippen LogP contribution is -2.59. The van der Waals surface area contributed by atoms with E-state index in [-0.39, 0.29) is 5.91 Å². The van der Waals surface area contributed by atoms with E-state index in [9.17, 15) is 9.90 Å². The van der Waals surface area contributed by atoms with Gasteiger partial charge in [-0.1, -0.05) is 38.1 Å². The molecule has 27 heavy (non-hydrogen) atoms. The Morgan fingerprint density at radius 1 is 1.19 bits per heavy atom. The van der Waals surface area contributed by atoms with Crippen LogP contribution in [0.2, 0.25) is 0 Å². The molecular weight excluding hydrogens is 338 g/mol. The number of benzene rings is 1. The molecule has 1 amide bonds. The molecule has 0 unspecified atom stereocenters. The first-order valence-electron chi connectivity index (χ1n) is 10.4. The minimum absolute atomic E-state index is 0.0996. The van der Waals surface area contributed by atoms with Crippen molar-refractivity contribution in [2.24, 2.45) is 0 Å². The Balaban J connectivity index is 1.60. The molecule has 2 aliphatic heterocycles. The van der Waals surface area contributed by atoms with Gasteiger partial charge in [-0.25, -0.2) is 0 Å². The molecule has 2 fully saturated rings. The number of hydrogen-bond donors (Lipinski definition) is 2. The van der Waals surface area contributed by atoms with Crippen molar-refractivity contribution in [3.63, 3.8) is 0 Å². The predicted octanol–water partition coefficient (Wildman–Crippen LogP) is 2.35. The first-order chi connectivity index (χ1) is 12.9. The van der Waals surface area contributed by atoms with Crippen LogP contribution in [0.3, 0.4) is 0 Å². The maximum atomic E-state index is 13.1. The van der Waals surface area contributed by atoms with E-state index in [0.29, 0.717) is 31.5 Å². The van der Waals surface area contributed by atoms with Crippen LogP contribution in [0.4, 0.5) is 0 Å². The third kappa shape index (κ3) is 4.89. The highest BCUT2D eigenvalue weighted by Crippen LogP contribution is 2.27. The van der Waals surface area contributed by atoms with Gasteiger partial charge in [-0.3, -0.25) is 9.69 Å². The first kappa shape index (κ1) is 20.3. The van der Waals surface area contributed by atoms with E-state index in [1.165, 1.54) is 5.56 Å². The second kappa shape index (κ2) is 8.72. The molecule has 1 aromatic rings. The number of likely N-dealkylation sites (tertiary alicyclic amines) is 2. The standard InChI is InChI=1S/C22H35N3O2/c1-17(2)19-7-5-18(6-8-19)15-25-12-4-11-22(27,21(25)26)16-24-13-9-20(23-3)10-14-24/h5-8,17,20,23,27H,4,9-16H2,1-3H3/t22-/m1/s1. The molecule has 150 valence electrons. The Morgan fingerprint density at radius 3 is 2.44 bits per heavy atom. The second-order valence-electron chi connectivity index (χ2n) is 8.60. The summed E-state index contributed by atoms with van der Waals surface area (Å²) >= 11 is 0. The Labute approximate surface area is 163 Å². The van der Waals surface area contributed by atoms with Crippen molar-refractivity contribution >= 4 is 5.91 Å². The van der Waals surface area contributed by atoms with Crippen LogP contribution < -0.4 is 5.32 Å². The van der Waals surface area contributed by atoms with E-state index in [0.717, 1.165) is 44.5 Å². The van der Waals surface area contributed by atoms with Gasteiger partial charge in [0.15, 0.2) is 5.60 Å². The molecule has 3 rings (SSSR count). The number of nitrogens with zero attached hydrogens (tertiary/aromatic N) is 2. The zero-order valence-corrected chi connectivity index (χ0v) is 17.1. The molecule has 1 aromatic carbocycles. The van der Waals surface area contributed by atoms with Crippen molar-refractivity contribution in [2.45, 2.75) is 63.6 Å².